The van der Waals surface area contributed by atoms with Crippen molar-refractivity contribution >= 4 is 23.6 Å². The number of amides is 4. The molecule has 2 unspecified atom stereocenters. The topological polar surface area (TPSA) is 129 Å². The van der Waals surface area contributed by atoms with Gasteiger partial charge in [0, 0.05) is 46.2 Å². The molecule has 0 saturated carbocycles. The largest absolute Gasteiger partial charge is 0.491 e. The Hall–Kier alpha value is -3.25. The van der Waals surface area contributed by atoms with Gasteiger partial charge in [0.25, 0.3) is 5.91 Å². The molecular formula is C25H37FN6O5. The number of fused-ring (bicyclic) bond motifs is 2. The van der Waals surface area contributed by atoms with Crippen molar-refractivity contribution in [3.8, 4) is 5.75 Å². The van der Waals surface area contributed by atoms with Crippen molar-refractivity contribution in [1.82, 2.24) is 24.9 Å². The molecule has 12 heteroatoms. The molecule has 3 atom stereocenters. The zero-order valence-electron chi connectivity index (χ0n) is 21.9. The fourth-order valence-electron chi connectivity index (χ4n) is 4.58. The molecular weight excluding hydrogens is 483 g/mol. The lowest BCUT2D eigenvalue weighted by Crippen LogP contribution is -2.49. The van der Waals surface area contributed by atoms with Gasteiger partial charge in [-0.3, -0.25) is 19.2 Å². The fraction of sp³-hybridized carbons (Fsp3) is 0.600. The molecule has 2 heterocycles. The zero-order chi connectivity index (χ0) is 27.3. The number of rotatable bonds is 4. The maximum absolute atomic E-state index is 14.2. The van der Waals surface area contributed by atoms with Crippen LogP contribution in [0.15, 0.2) is 18.2 Å². The van der Waals surface area contributed by atoms with Gasteiger partial charge in [-0.25, -0.2) is 4.39 Å². The lowest BCUT2D eigenvalue weighted by Gasteiger charge is -2.28. The molecule has 37 heavy (non-hydrogen) atoms. The van der Waals surface area contributed by atoms with E-state index in [-0.39, 0.29) is 61.2 Å². The van der Waals surface area contributed by atoms with Crippen LogP contribution < -0.4 is 15.8 Å². The smallest absolute Gasteiger partial charge is 0.258 e. The first-order chi connectivity index (χ1) is 17.5. The summed E-state index contributed by atoms with van der Waals surface area (Å²) in [7, 11) is 6.71. The Morgan fingerprint density at radius 2 is 1.95 bits per heavy atom. The molecule has 3 N–H and O–H groups in total. The van der Waals surface area contributed by atoms with Gasteiger partial charge in [0.1, 0.15) is 24.2 Å². The second-order valence-electron chi connectivity index (χ2n) is 9.96. The Bertz CT molecular complexity index is 1020. The van der Waals surface area contributed by atoms with Gasteiger partial charge in [0.15, 0.2) is 0 Å². The second-order valence-corrected chi connectivity index (χ2v) is 9.96. The standard InChI is InChI=1S/C25H37FN6O5/c1-29(2)10-9-28-24(35)20-6-8-22(33)30(3)14-23(34)32-13-17(27)12-18(32)15-37-21-7-5-16(26)11-19(21)25(36)31(20)4/h5,7,11,17-18,20H,6,8-10,12-15,27H2,1-4H3,(H,28,35)/t17-,18?,20?/m1/s1. The van der Waals surface area contributed by atoms with Gasteiger partial charge < -0.3 is 35.4 Å². The summed E-state index contributed by atoms with van der Waals surface area (Å²) >= 11 is 0. The Morgan fingerprint density at radius 1 is 1.22 bits per heavy atom. The number of likely N-dealkylation sites (N-methyl/N-ethyl adjacent to an activating group) is 3. The van der Waals surface area contributed by atoms with Crippen LogP contribution in [0.2, 0.25) is 0 Å². The van der Waals surface area contributed by atoms with Gasteiger partial charge in [-0.2, -0.15) is 0 Å². The molecule has 0 bridgehead atoms. The number of ether oxygens (including phenoxy) is 1. The summed E-state index contributed by atoms with van der Waals surface area (Å²) < 4.78 is 20.1. The molecule has 2 aliphatic heterocycles. The van der Waals surface area contributed by atoms with Crippen molar-refractivity contribution in [2.75, 3.05) is 61.0 Å². The lowest BCUT2D eigenvalue weighted by molar-refractivity contribution is -0.140. The van der Waals surface area contributed by atoms with E-state index >= 15 is 0 Å². The zero-order valence-corrected chi connectivity index (χ0v) is 21.9. The molecule has 3 rings (SSSR count). The first kappa shape index (κ1) is 28.3. The number of nitrogens with one attached hydrogen (secondary N) is 1. The first-order valence-electron chi connectivity index (χ1n) is 12.4. The van der Waals surface area contributed by atoms with E-state index in [0.29, 0.717) is 26.1 Å². The van der Waals surface area contributed by atoms with Crippen LogP contribution in [0.5, 0.6) is 5.75 Å². The van der Waals surface area contributed by atoms with E-state index in [2.05, 4.69) is 5.32 Å². The quantitative estimate of drug-likeness (QED) is 0.548. The van der Waals surface area contributed by atoms with Crippen molar-refractivity contribution in [3.63, 3.8) is 0 Å². The van der Waals surface area contributed by atoms with E-state index in [9.17, 15) is 23.6 Å². The average molecular weight is 521 g/mol. The summed E-state index contributed by atoms with van der Waals surface area (Å²) in [4.78, 5) is 58.5. The molecule has 0 aliphatic carbocycles. The van der Waals surface area contributed by atoms with Crippen LogP contribution in [0.3, 0.4) is 0 Å². The minimum Gasteiger partial charge on any atom is -0.491 e. The lowest BCUT2D eigenvalue weighted by atomic mass is 10.1. The SMILES string of the molecule is CN(C)CCNC(=O)C1CCC(=O)N(C)CC(=O)N2C[C@H](N)CC2COc2ccc(F)cc2C(=O)N1C. The van der Waals surface area contributed by atoms with Crippen molar-refractivity contribution < 1.29 is 28.3 Å². The number of nitrogens with two attached hydrogens (primary N) is 1. The Morgan fingerprint density at radius 3 is 2.65 bits per heavy atom. The van der Waals surface area contributed by atoms with Gasteiger partial charge in [-0.15, -0.1) is 0 Å². The average Bonchev–Trinajstić information content (AvgIpc) is 3.22. The van der Waals surface area contributed by atoms with Crippen molar-refractivity contribution in [1.29, 1.82) is 0 Å². The van der Waals surface area contributed by atoms with Crippen LogP contribution >= 0.6 is 0 Å². The minimum absolute atomic E-state index is 0.0239. The number of carbonyl (C=O) groups excluding carboxylic acids is 4. The summed E-state index contributed by atoms with van der Waals surface area (Å²) in [5, 5.41) is 2.80. The van der Waals surface area contributed by atoms with Crippen molar-refractivity contribution in [2.24, 2.45) is 5.73 Å². The third-order valence-corrected chi connectivity index (χ3v) is 6.75. The normalized spacial score (nSPS) is 23.8. The fourth-order valence-corrected chi connectivity index (χ4v) is 4.58. The highest BCUT2D eigenvalue weighted by Gasteiger charge is 2.36. The number of halogens is 1. The third kappa shape index (κ3) is 7.16. The van der Waals surface area contributed by atoms with Gasteiger partial charge in [0.05, 0.1) is 18.2 Å². The summed E-state index contributed by atoms with van der Waals surface area (Å²) in [5.74, 6) is -2.14. The number of benzene rings is 1. The highest BCUT2D eigenvalue weighted by Crippen LogP contribution is 2.25. The number of carbonyl (C=O) groups is 4. The summed E-state index contributed by atoms with van der Waals surface area (Å²) in [5.41, 5.74) is 6.05. The van der Waals surface area contributed by atoms with Crippen LogP contribution in [0.1, 0.15) is 29.6 Å². The van der Waals surface area contributed by atoms with E-state index in [1.54, 1.807) is 4.90 Å². The van der Waals surface area contributed by atoms with Crippen LogP contribution in [0.25, 0.3) is 0 Å². The van der Waals surface area contributed by atoms with E-state index in [1.165, 1.54) is 36.0 Å². The molecule has 1 aromatic carbocycles. The molecule has 11 nitrogen and oxygen atoms in total. The van der Waals surface area contributed by atoms with Gasteiger partial charge >= 0.3 is 0 Å². The number of hydrogen-bond acceptors (Lipinski definition) is 7. The Balaban J connectivity index is 1.94. The van der Waals surface area contributed by atoms with Gasteiger partial charge in [-0.05, 0) is 45.1 Å². The van der Waals surface area contributed by atoms with Crippen LogP contribution in [0.4, 0.5) is 4.39 Å². The molecule has 2 aliphatic rings. The molecule has 4 amide bonds. The number of hydrogen-bond donors (Lipinski definition) is 2. The van der Waals surface area contributed by atoms with E-state index in [1.807, 2.05) is 19.0 Å². The highest BCUT2D eigenvalue weighted by molar-refractivity contribution is 5.99. The van der Waals surface area contributed by atoms with E-state index in [0.717, 1.165) is 6.07 Å². The first-order valence-corrected chi connectivity index (χ1v) is 12.4. The Labute approximate surface area is 216 Å². The minimum atomic E-state index is -0.995. The summed E-state index contributed by atoms with van der Waals surface area (Å²) in [6, 6.07) is 2.00. The summed E-state index contributed by atoms with van der Waals surface area (Å²) in [6.45, 7) is 1.16. The van der Waals surface area contributed by atoms with Crippen LogP contribution in [-0.4, -0.2) is 122 Å². The van der Waals surface area contributed by atoms with E-state index in [4.69, 9.17) is 10.5 Å². The maximum atomic E-state index is 14.2. The molecule has 0 radical (unpaired) electrons. The molecule has 1 fully saturated rings. The van der Waals surface area contributed by atoms with Crippen molar-refractivity contribution in [2.45, 2.75) is 37.4 Å². The second kappa shape index (κ2) is 12.3. The molecule has 1 aromatic rings. The molecule has 204 valence electrons. The van der Waals surface area contributed by atoms with Gasteiger partial charge in [-0.1, -0.05) is 0 Å². The predicted octanol–water partition coefficient (Wildman–Crippen LogP) is -0.497. The molecule has 0 aromatic heterocycles. The van der Waals surface area contributed by atoms with Crippen LogP contribution in [0, 0.1) is 5.82 Å². The maximum Gasteiger partial charge on any atom is 0.258 e. The van der Waals surface area contributed by atoms with Gasteiger partial charge in [0.2, 0.25) is 17.7 Å². The van der Waals surface area contributed by atoms with E-state index < -0.39 is 23.7 Å². The number of nitrogens with zero attached hydrogens (tertiary/aromatic N) is 4. The van der Waals surface area contributed by atoms with Crippen molar-refractivity contribution in [3.05, 3.63) is 29.6 Å². The summed E-state index contributed by atoms with van der Waals surface area (Å²) in [6.07, 6.45) is 0.446. The van der Waals surface area contributed by atoms with Crippen LogP contribution in [-0.2, 0) is 14.4 Å². The predicted molar refractivity (Wildman–Crippen MR) is 134 cm³/mol. The third-order valence-electron chi connectivity index (χ3n) is 6.75. The Kier molecular flexibility index (Phi) is 9.44. The molecule has 0 spiro atoms. The molecule has 1 saturated heterocycles. The monoisotopic (exact) mass is 520 g/mol. The highest BCUT2D eigenvalue weighted by atomic mass is 19.1.